The molecule has 52 heavy (non-hydrogen) atoms. The van der Waals surface area contributed by atoms with Gasteiger partial charge in [0.1, 0.15) is 30.1 Å². The van der Waals surface area contributed by atoms with Crippen LogP contribution in [0.3, 0.4) is 0 Å². The second-order valence-corrected chi connectivity index (χ2v) is 13.5. The highest BCUT2D eigenvalue weighted by Crippen LogP contribution is 2.19. The van der Waals surface area contributed by atoms with Crippen LogP contribution in [-0.2, 0) is 35.3 Å². The van der Waals surface area contributed by atoms with Crippen molar-refractivity contribution in [3.8, 4) is 0 Å². The molecular weight excluding hydrogens is 684 g/mol. The second-order valence-electron chi connectivity index (χ2n) is 13.5. The molecule has 2 rings (SSSR count). The van der Waals surface area contributed by atoms with Crippen molar-refractivity contribution in [3.05, 3.63) is 49.0 Å². The molecule has 19 nitrogen and oxygen atoms in total. The maximum Gasteiger partial charge on any atom is 0.283 e. The van der Waals surface area contributed by atoms with Gasteiger partial charge in [-0.3, -0.25) is 53.6 Å². The van der Waals surface area contributed by atoms with Gasteiger partial charge in [0.25, 0.3) is 16.8 Å². The molecule has 19 heteroatoms. The smallest absolute Gasteiger partial charge is 0.283 e. The Balaban J connectivity index is 2.42. The molecule has 5 amide bonds. The number of carbonyl (C=O) groups excluding carboxylic acids is 6. The summed E-state index contributed by atoms with van der Waals surface area (Å²) in [7, 11) is 2.98. The predicted octanol–water partition coefficient (Wildman–Crippen LogP) is -0.922. The average Bonchev–Trinajstić information content (AvgIpc) is 3.04. The zero-order chi connectivity index (χ0) is 39.6. The normalized spacial score (nSPS) is 14.1. The molecule has 0 saturated carbocycles. The fourth-order valence-corrected chi connectivity index (χ4v) is 5.31. The van der Waals surface area contributed by atoms with Gasteiger partial charge in [0.05, 0.1) is 22.5 Å². The van der Waals surface area contributed by atoms with Crippen molar-refractivity contribution >= 4 is 51.8 Å². The van der Waals surface area contributed by atoms with Crippen LogP contribution < -0.4 is 32.4 Å². The molecule has 0 aliphatic carbocycles. The molecule has 0 radical (unpaired) electrons. The Labute approximate surface area is 299 Å². The second kappa shape index (κ2) is 18.7. The summed E-state index contributed by atoms with van der Waals surface area (Å²) in [5.74, 6) is -4.81. The third kappa shape index (κ3) is 11.5. The van der Waals surface area contributed by atoms with E-state index in [0.717, 1.165) is 6.07 Å². The zero-order valence-corrected chi connectivity index (χ0v) is 30.5. The van der Waals surface area contributed by atoms with E-state index in [4.69, 9.17) is 0 Å². The molecule has 0 aliphatic rings. The molecule has 286 valence electrons. The number of nitrogens with zero attached hydrogens (tertiary/aromatic N) is 3. The minimum atomic E-state index is -1.55. The summed E-state index contributed by atoms with van der Waals surface area (Å²) in [5.41, 5.74) is -2.53. The van der Waals surface area contributed by atoms with Crippen molar-refractivity contribution in [2.75, 3.05) is 14.1 Å². The largest absolute Gasteiger partial charge is 0.391 e. The topological polar surface area (TPSA) is 272 Å². The number of Topliss-reactive ketones (excluding diaryl/α,β-unsaturated/α-hetero) is 1. The van der Waals surface area contributed by atoms with Crippen LogP contribution in [0.4, 0.5) is 5.69 Å². The van der Waals surface area contributed by atoms with E-state index in [2.05, 4.69) is 26.4 Å². The van der Waals surface area contributed by atoms with E-state index in [-0.39, 0.29) is 36.5 Å². The number of carbonyl (C=O) groups is 6. The highest BCUT2D eigenvalue weighted by atomic mass is 16.6. The Hall–Kier alpha value is -5.46. The number of nitro groups is 1. The van der Waals surface area contributed by atoms with Crippen LogP contribution in [-0.4, -0.2) is 104 Å². The van der Waals surface area contributed by atoms with Crippen LogP contribution >= 0.6 is 0 Å². The molecule has 1 aromatic carbocycles. The van der Waals surface area contributed by atoms with E-state index >= 15 is 0 Å². The number of hydrogen-bond acceptors (Lipinski definition) is 11. The van der Waals surface area contributed by atoms with E-state index in [1.54, 1.807) is 27.7 Å². The maximum atomic E-state index is 13.7. The first-order valence-corrected chi connectivity index (χ1v) is 16.7. The highest BCUT2D eigenvalue weighted by molar-refractivity contribution is 5.96. The van der Waals surface area contributed by atoms with Crippen LogP contribution in [0, 0.1) is 22.0 Å². The number of aliphatic hydroxyl groups excluding tert-OH is 1. The number of H-pyrrole nitrogens is 1. The minimum Gasteiger partial charge on any atom is -0.391 e. The fraction of sp³-hybridized carbons (Fsp3) is 0.576. The van der Waals surface area contributed by atoms with Gasteiger partial charge in [0.15, 0.2) is 5.78 Å². The summed E-state index contributed by atoms with van der Waals surface area (Å²) >= 11 is 0. The number of hydrogen-bond donors (Lipinski definition) is 6. The summed E-state index contributed by atoms with van der Waals surface area (Å²) in [6, 6.07) is -1.85. The van der Waals surface area contributed by atoms with Gasteiger partial charge in [0.2, 0.25) is 29.5 Å². The van der Waals surface area contributed by atoms with Crippen molar-refractivity contribution in [1.82, 2.24) is 35.9 Å². The summed E-state index contributed by atoms with van der Waals surface area (Å²) in [6.45, 7) is 8.53. The first-order valence-electron chi connectivity index (χ1n) is 16.7. The Kier molecular flexibility index (Phi) is 15.3. The molecule has 0 bridgehead atoms. The molecule has 6 N–H and O–H groups in total. The fourth-order valence-electron chi connectivity index (χ4n) is 5.31. The lowest BCUT2D eigenvalue weighted by molar-refractivity contribution is -0.383. The molecule has 0 saturated heterocycles. The number of nitro benzene ring substituents is 1. The van der Waals surface area contributed by atoms with Crippen molar-refractivity contribution in [1.29, 1.82) is 0 Å². The highest BCUT2D eigenvalue weighted by Gasteiger charge is 2.34. The molecule has 0 fully saturated rings. The van der Waals surface area contributed by atoms with Crippen molar-refractivity contribution < 1.29 is 38.8 Å². The first-order chi connectivity index (χ1) is 24.2. The predicted molar refractivity (Wildman–Crippen MR) is 188 cm³/mol. The van der Waals surface area contributed by atoms with E-state index in [1.165, 1.54) is 45.0 Å². The standard InChI is InChI=1S/C33H48N8O11/c1-16(2)14-22(36-32(49)28(18(5)42)37-31(48)27(17(3)4)34-19(6)43)29(46)35-21(12-13-25(45)39(7)8)24(44)15-40-33(50)20-10-9-11-23(41(51)52)26(20)30(47)38-40/h9-11,16-18,21-22,27-28,42H,12-15H2,1-8H3,(H,34,43)(H,35,46)(H,36,49)(H,37,48)(H,38,47)/t18?,21-,22-,27-,28-/m0/s1. The van der Waals surface area contributed by atoms with Gasteiger partial charge in [-0.2, -0.15) is 0 Å². The SMILES string of the molecule is CC(=O)N[C@H](C(=O)N[C@H](C(=O)N[C@@H](CC(C)C)C(=O)N[C@@H](CCC(=O)N(C)C)C(=O)Cn1[nH]c(=O)c2c([N+](=O)[O-])cccc2c1=O)C(C)O)C(C)C. The van der Waals surface area contributed by atoms with Crippen LogP contribution in [0.5, 0.6) is 0 Å². The average molecular weight is 733 g/mol. The van der Waals surface area contributed by atoms with Crippen LogP contribution in [0.1, 0.15) is 60.8 Å². The van der Waals surface area contributed by atoms with Crippen LogP contribution in [0.2, 0.25) is 0 Å². The molecule has 1 aromatic heterocycles. The van der Waals surface area contributed by atoms with E-state index in [9.17, 15) is 53.6 Å². The number of rotatable bonds is 18. The first kappa shape index (κ1) is 42.7. The Bertz CT molecular complexity index is 1800. The Morgan fingerprint density at radius 2 is 1.50 bits per heavy atom. The number of aromatic nitrogens is 2. The quantitative estimate of drug-likeness (QED) is 0.0806. The molecule has 5 atom stereocenters. The number of amides is 5. The van der Waals surface area contributed by atoms with Crippen LogP contribution in [0.25, 0.3) is 10.8 Å². The van der Waals surface area contributed by atoms with E-state index in [1.807, 2.05) is 0 Å². The number of non-ortho nitro benzene ring substituents is 1. The van der Waals surface area contributed by atoms with Gasteiger partial charge in [0, 0.05) is 33.5 Å². The van der Waals surface area contributed by atoms with Gasteiger partial charge in [-0.25, -0.2) is 4.68 Å². The molecule has 1 heterocycles. The summed E-state index contributed by atoms with van der Waals surface area (Å²) in [6.07, 6.45) is -1.87. The summed E-state index contributed by atoms with van der Waals surface area (Å²) in [4.78, 5) is 116. The minimum absolute atomic E-state index is 0.0341. The van der Waals surface area contributed by atoms with Gasteiger partial charge in [-0.1, -0.05) is 33.8 Å². The van der Waals surface area contributed by atoms with Crippen LogP contribution in [0.15, 0.2) is 27.8 Å². The zero-order valence-electron chi connectivity index (χ0n) is 30.5. The van der Waals surface area contributed by atoms with Crippen molar-refractivity contribution in [2.45, 2.75) is 97.6 Å². The number of aromatic amines is 1. The van der Waals surface area contributed by atoms with E-state index in [0.29, 0.717) is 4.68 Å². The molecule has 0 aliphatic heterocycles. The van der Waals surface area contributed by atoms with Gasteiger partial charge < -0.3 is 31.3 Å². The maximum absolute atomic E-state index is 13.7. The lowest BCUT2D eigenvalue weighted by atomic mass is 9.99. The van der Waals surface area contributed by atoms with Gasteiger partial charge >= 0.3 is 0 Å². The lowest BCUT2D eigenvalue weighted by Gasteiger charge is -2.29. The van der Waals surface area contributed by atoms with E-state index < -0.39 is 99.3 Å². The van der Waals surface area contributed by atoms with Crippen molar-refractivity contribution in [2.24, 2.45) is 11.8 Å². The lowest BCUT2D eigenvalue weighted by Crippen LogP contribution is -2.61. The third-order valence-electron chi connectivity index (χ3n) is 8.05. The number of ketones is 1. The van der Waals surface area contributed by atoms with Gasteiger partial charge in [-0.15, -0.1) is 0 Å². The molecule has 2 aromatic rings. The Morgan fingerprint density at radius 3 is 2.02 bits per heavy atom. The molecule has 1 unspecified atom stereocenters. The Morgan fingerprint density at radius 1 is 0.904 bits per heavy atom. The number of nitrogens with one attached hydrogen (secondary N) is 5. The molecule has 0 spiro atoms. The monoisotopic (exact) mass is 732 g/mol. The van der Waals surface area contributed by atoms with Crippen molar-refractivity contribution in [3.63, 3.8) is 0 Å². The molecular formula is C33H48N8O11. The number of fused-ring (bicyclic) bond motifs is 1. The third-order valence-corrected chi connectivity index (χ3v) is 8.05. The number of aliphatic hydroxyl groups is 1. The summed E-state index contributed by atoms with van der Waals surface area (Å²) < 4.78 is 0.651. The summed E-state index contributed by atoms with van der Waals surface area (Å²) in [5, 5.41) is 33.2. The van der Waals surface area contributed by atoms with Gasteiger partial charge in [-0.05, 0) is 37.7 Å². The number of benzene rings is 1.